The van der Waals surface area contributed by atoms with Crippen LogP contribution in [0.2, 0.25) is 0 Å². The van der Waals surface area contributed by atoms with Gasteiger partial charge in [0.25, 0.3) is 0 Å². The highest BCUT2D eigenvalue weighted by molar-refractivity contribution is 5.68. The molecular formula is C25H48N4O5. The number of piperidine rings is 2. The van der Waals surface area contributed by atoms with Gasteiger partial charge in [-0.2, -0.15) is 0 Å². The van der Waals surface area contributed by atoms with E-state index in [4.69, 9.17) is 14.2 Å². The largest absolute Gasteiger partial charge is 0.444 e. The lowest BCUT2D eigenvalue weighted by Crippen LogP contribution is -2.49. The number of ether oxygens (including phenoxy) is 3. The van der Waals surface area contributed by atoms with E-state index >= 15 is 0 Å². The molecular weight excluding hydrogens is 436 g/mol. The molecule has 0 aromatic heterocycles. The summed E-state index contributed by atoms with van der Waals surface area (Å²) in [5, 5.41) is 9.10. The molecule has 34 heavy (non-hydrogen) atoms. The summed E-state index contributed by atoms with van der Waals surface area (Å²) in [6.45, 7) is 17.1. The molecule has 3 heterocycles. The second-order valence-electron chi connectivity index (χ2n) is 11.5. The van der Waals surface area contributed by atoms with Gasteiger partial charge in [-0.05, 0) is 93.2 Å². The summed E-state index contributed by atoms with van der Waals surface area (Å²) in [6, 6.07) is 1.19. The highest BCUT2D eigenvalue weighted by Crippen LogP contribution is 2.20. The van der Waals surface area contributed by atoms with Gasteiger partial charge < -0.3 is 35.1 Å². The summed E-state index contributed by atoms with van der Waals surface area (Å²) in [5.41, 5.74) is -0.829. The predicted octanol–water partition coefficient (Wildman–Crippen LogP) is 3.42. The molecule has 3 aliphatic heterocycles. The van der Waals surface area contributed by atoms with Gasteiger partial charge in [0.05, 0.1) is 0 Å². The van der Waals surface area contributed by atoms with E-state index in [2.05, 4.69) is 20.9 Å². The van der Waals surface area contributed by atoms with E-state index in [0.29, 0.717) is 6.04 Å². The van der Waals surface area contributed by atoms with Gasteiger partial charge in [0.2, 0.25) is 0 Å². The third-order valence-corrected chi connectivity index (χ3v) is 6.02. The fourth-order valence-electron chi connectivity index (χ4n) is 4.37. The van der Waals surface area contributed by atoms with Crippen molar-refractivity contribution in [1.82, 2.24) is 20.9 Å². The van der Waals surface area contributed by atoms with Gasteiger partial charge >= 0.3 is 12.2 Å². The summed E-state index contributed by atoms with van der Waals surface area (Å²) in [5.74, 6) is 0. The molecule has 3 fully saturated rings. The summed E-state index contributed by atoms with van der Waals surface area (Å²) >= 11 is 0. The normalized spacial score (nSPS) is 21.7. The fourth-order valence-corrected chi connectivity index (χ4v) is 4.37. The third-order valence-electron chi connectivity index (χ3n) is 6.02. The molecule has 9 heteroatoms. The van der Waals surface area contributed by atoms with Gasteiger partial charge in [-0.25, -0.2) is 9.59 Å². The van der Waals surface area contributed by atoms with Crippen molar-refractivity contribution in [2.24, 2.45) is 0 Å². The summed E-state index contributed by atoms with van der Waals surface area (Å²) in [6.07, 6.45) is 5.69. The number of carbonyl (C=O) groups excluding carboxylic acids is 2. The molecule has 3 rings (SSSR count). The van der Waals surface area contributed by atoms with Crippen LogP contribution in [-0.2, 0) is 14.2 Å². The lowest BCUT2D eigenvalue weighted by molar-refractivity contribution is 0.0210. The third kappa shape index (κ3) is 12.2. The van der Waals surface area contributed by atoms with Crippen LogP contribution in [0.1, 0.15) is 80.1 Å². The van der Waals surface area contributed by atoms with Crippen molar-refractivity contribution in [2.45, 2.75) is 109 Å². The van der Waals surface area contributed by atoms with Crippen LogP contribution in [0.15, 0.2) is 0 Å². The molecule has 2 amide bonds. The lowest BCUT2D eigenvalue weighted by atomic mass is 10.00. The number of nitrogens with zero attached hydrogens (tertiary/aromatic N) is 1. The Hall–Kier alpha value is -1.58. The number of likely N-dealkylation sites (tertiary alicyclic amines) is 1. The van der Waals surface area contributed by atoms with Crippen LogP contribution >= 0.6 is 0 Å². The minimum atomic E-state index is -0.424. The first kappa shape index (κ1) is 28.7. The number of hydrogen-bond acceptors (Lipinski definition) is 7. The zero-order valence-electron chi connectivity index (χ0n) is 22.2. The Kier molecular flexibility index (Phi) is 11.4. The van der Waals surface area contributed by atoms with E-state index in [1.54, 1.807) is 0 Å². The Labute approximate surface area is 206 Å². The van der Waals surface area contributed by atoms with Gasteiger partial charge in [0.1, 0.15) is 11.2 Å². The highest BCUT2D eigenvalue weighted by Gasteiger charge is 2.28. The van der Waals surface area contributed by atoms with Crippen molar-refractivity contribution >= 4 is 12.2 Å². The first-order valence-electron chi connectivity index (χ1n) is 12.9. The molecule has 0 aromatic carbocycles. The molecule has 0 aromatic rings. The monoisotopic (exact) mass is 484 g/mol. The van der Waals surface area contributed by atoms with Crippen LogP contribution in [0.4, 0.5) is 9.59 Å². The van der Waals surface area contributed by atoms with E-state index in [1.165, 1.54) is 0 Å². The zero-order valence-corrected chi connectivity index (χ0v) is 22.2. The molecule has 0 aliphatic carbocycles. The molecule has 0 saturated carbocycles. The number of alkyl carbamates (subject to hydrolysis) is 2. The van der Waals surface area contributed by atoms with E-state index in [-0.39, 0.29) is 24.3 Å². The molecule has 0 atom stereocenters. The van der Waals surface area contributed by atoms with Crippen LogP contribution in [0.3, 0.4) is 0 Å². The summed E-state index contributed by atoms with van der Waals surface area (Å²) in [7, 11) is 0. The van der Waals surface area contributed by atoms with E-state index in [0.717, 1.165) is 77.9 Å². The minimum absolute atomic E-state index is 0.251. The van der Waals surface area contributed by atoms with Crippen LogP contribution in [0, 0.1) is 0 Å². The Morgan fingerprint density at radius 2 is 1.21 bits per heavy atom. The maximum absolute atomic E-state index is 11.7. The summed E-state index contributed by atoms with van der Waals surface area (Å²) < 4.78 is 15.9. The molecule has 9 nitrogen and oxygen atoms in total. The number of nitrogens with one attached hydrogen (secondary N) is 3. The number of carbonyl (C=O) groups is 2. The fraction of sp³-hybridized carbons (Fsp3) is 0.920. The van der Waals surface area contributed by atoms with Gasteiger partial charge in [-0.3, -0.25) is 0 Å². The number of rotatable bonds is 3. The van der Waals surface area contributed by atoms with E-state index in [9.17, 15) is 9.59 Å². The van der Waals surface area contributed by atoms with Crippen molar-refractivity contribution in [3.63, 3.8) is 0 Å². The lowest BCUT2D eigenvalue weighted by Gasteiger charge is -2.39. The maximum Gasteiger partial charge on any atom is 0.407 e. The highest BCUT2D eigenvalue weighted by atomic mass is 16.6. The molecule has 0 radical (unpaired) electrons. The Morgan fingerprint density at radius 3 is 1.65 bits per heavy atom. The van der Waals surface area contributed by atoms with Crippen LogP contribution in [0.5, 0.6) is 0 Å². The van der Waals surface area contributed by atoms with Gasteiger partial charge in [0, 0.05) is 44.4 Å². The average Bonchev–Trinajstić information content (AvgIpc) is 2.73. The molecule has 3 N–H and O–H groups in total. The minimum Gasteiger partial charge on any atom is -0.444 e. The first-order chi connectivity index (χ1) is 15.9. The topological polar surface area (TPSA) is 101 Å². The van der Waals surface area contributed by atoms with Crippen LogP contribution in [-0.4, -0.2) is 85.8 Å². The quantitative estimate of drug-likeness (QED) is 0.564. The Bertz CT molecular complexity index is 612. The molecule has 3 saturated heterocycles. The van der Waals surface area contributed by atoms with Crippen molar-refractivity contribution < 1.29 is 23.8 Å². The second kappa shape index (κ2) is 13.5. The molecule has 0 bridgehead atoms. The molecule has 0 spiro atoms. The number of amides is 2. The van der Waals surface area contributed by atoms with Crippen molar-refractivity contribution in [2.75, 3.05) is 39.4 Å². The van der Waals surface area contributed by atoms with E-state index < -0.39 is 11.2 Å². The molecule has 0 unspecified atom stereocenters. The van der Waals surface area contributed by atoms with Gasteiger partial charge in [-0.1, -0.05) is 0 Å². The molecule has 198 valence electrons. The number of hydrogen-bond donors (Lipinski definition) is 3. The van der Waals surface area contributed by atoms with Crippen molar-refractivity contribution in [1.29, 1.82) is 0 Å². The standard InChI is InChI=1S/C15H28N2O3.C10H20N2O2/c1-15(2,3)20-14(18)16-12-4-8-17(9-5-12)13-6-10-19-11-7-13;1-10(2,3)14-9(13)12-8-4-6-11-7-5-8/h12-13H,4-11H2,1-3H3,(H,16,18);8,11H,4-7H2,1-3H3,(H,12,13). The maximum atomic E-state index is 11.7. The smallest absolute Gasteiger partial charge is 0.407 e. The summed E-state index contributed by atoms with van der Waals surface area (Å²) in [4.78, 5) is 25.7. The van der Waals surface area contributed by atoms with Gasteiger partial charge in [0.15, 0.2) is 0 Å². The molecule has 3 aliphatic rings. The predicted molar refractivity (Wildman–Crippen MR) is 133 cm³/mol. The SMILES string of the molecule is CC(C)(C)OC(=O)NC1CCN(C2CCOCC2)CC1.CC(C)(C)OC(=O)NC1CCNCC1. The van der Waals surface area contributed by atoms with Crippen molar-refractivity contribution in [3.05, 3.63) is 0 Å². The Morgan fingerprint density at radius 1 is 0.765 bits per heavy atom. The first-order valence-corrected chi connectivity index (χ1v) is 12.9. The van der Waals surface area contributed by atoms with Gasteiger partial charge in [-0.15, -0.1) is 0 Å². The average molecular weight is 485 g/mol. The van der Waals surface area contributed by atoms with Crippen LogP contribution in [0.25, 0.3) is 0 Å². The second-order valence-corrected chi connectivity index (χ2v) is 11.5. The Balaban J connectivity index is 0.000000257. The van der Waals surface area contributed by atoms with Crippen molar-refractivity contribution in [3.8, 4) is 0 Å². The van der Waals surface area contributed by atoms with E-state index in [1.807, 2.05) is 41.5 Å². The van der Waals surface area contributed by atoms with Crippen LogP contribution < -0.4 is 16.0 Å². The zero-order chi connectivity index (χ0) is 25.2.